The zero-order valence-electron chi connectivity index (χ0n) is 21.3. The monoisotopic (exact) mass is 510 g/mol. The maximum Gasteiger partial charge on any atom is 0.0906 e. The molecule has 4 heteroatoms. The van der Waals surface area contributed by atoms with E-state index < -0.39 is 0 Å². The van der Waals surface area contributed by atoms with Gasteiger partial charge in [0, 0.05) is 41.8 Å². The summed E-state index contributed by atoms with van der Waals surface area (Å²) < 4.78 is 12.5. The lowest BCUT2D eigenvalue weighted by molar-refractivity contribution is 0.239. The van der Waals surface area contributed by atoms with Crippen molar-refractivity contribution >= 4 is 39.7 Å². The van der Waals surface area contributed by atoms with Crippen molar-refractivity contribution in [1.82, 2.24) is 9.88 Å². The Kier molecular flexibility index (Phi) is 6.75. The fourth-order valence-corrected chi connectivity index (χ4v) is 6.18. The third-order valence-electron chi connectivity index (χ3n) is 7.89. The molecule has 0 amide bonds. The number of benzene rings is 3. The van der Waals surface area contributed by atoms with Crippen LogP contribution < -0.4 is 0 Å². The fourth-order valence-electron chi connectivity index (χ4n) is 6.00. The number of halogens is 2. The van der Waals surface area contributed by atoms with Gasteiger partial charge in [0.2, 0.25) is 0 Å². The number of allylic oxidation sites excluding steroid dienone is 1. The summed E-state index contributed by atoms with van der Waals surface area (Å²) in [5.41, 5.74) is 12.9. The molecule has 6 rings (SSSR count). The van der Waals surface area contributed by atoms with Crippen molar-refractivity contribution in [2.45, 2.75) is 32.6 Å². The van der Waals surface area contributed by atoms with Crippen molar-refractivity contribution in [1.29, 1.82) is 0 Å². The number of rotatable bonds is 6. The van der Waals surface area contributed by atoms with Gasteiger partial charge in [0.05, 0.1) is 6.67 Å². The smallest absolute Gasteiger partial charge is 0.0906 e. The van der Waals surface area contributed by atoms with Gasteiger partial charge in [0.15, 0.2) is 0 Å². The van der Waals surface area contributed by atoms with Crippen LogP contribution in [0.15, 0.2) is 72.4 Å². The molecular weight excluding hydrogens is 479 g/mol. The molecule has 37 heavy (non-hydrogen) atoms. The Morgan fingerprint density at radius 1 is 0.973 bits per heavy atom. The van der Waals surface area contributed by atoms with Crippen molar-refractivity contribution in [2.75, 3.05) is 26.3 Å². The number of H-pyrrole nitrogens is 1. The minimum absolute atomic E-state index is 0.234. The molecule has 0 radical (unpaired) electrons. The number of aromatic nitrogens is 1. The Hall–Kier alpha value is -3.14. The van der Waals surface area contributed by atoms with Gasteiger partial charge in [-0.1, -0.05) is 60.1 Å². The van der Waals surface area contributed by atoms with E-state index in [1.807, 2.05) is 12.3 Å². The standard InChI is InChI=1S/C33H32ClFN2/c1-22-26(5-3-8-31(22)34)29-7-2-6-27-28-15-17-36-32(28)14-13-30(27)33(29)25-11-9-23(10-12-25)19-24-20-37(21-24)18-4-16-35/h3,5,8-15,17,19,36H,2,4,6-7,16,18,20-21H2,1H3. The van der Waals surface area contributed by atoms with E-state index in [-0.39, 0.29) is 6.67 Å². The quantitative estimate of drug-likeness (QED) is 0.275. The third kappa shape index (κ3) is 4.67. The van der Waals surface area contributed by atoms with E-state index in [2.05, 4.69) is 77.5 Å². The molecular formula is C33H32ClFN2. The van der Waals surface area contributed by atoms with Gasteiger partial charge in [-0.2, -0.15) is 0 Å². The Bertz CT molecular complexity index is 1500. The van der Waals surface area contributed by atoms with Gasteiger partial charge in [-0.3, -0.25) is 9.29 Å². The van der Waals surface area contributed by atoms with Crippen LogP contribution in [0.25, 0.3) is 28.1 Å². The Morgan fingerprint density at radius 3 is 2.62 bits per heavy atom. The van der Waals surface area contributed by atoms with Crippen molar-refractivity contribution in [2.24, 2.45) is 0 Å². The predicted octanol–water partition coefficient (Wildman–Crippen LogP) is 8.48. The van der Waals surface area contributed by atoms with Crippen LogP contribution in [0.5, 0.6) is 0 Å². The summed E-state index contributed by atoms with van der Waals surface area (Å²) in [4.78, 5) is 5.69. The lowest BCUT2D eigenvalue weighted by Gasteiger charge is -2.33. The second-order valence-electron chi connectivity index (χ2n) is 10.3. The highest BCUT2D eigenvalue weighted by atomic mass is 35.5. The van der Waals surface area contributed by atoms with E-state index in [4.69, 9.17) is 11.6 Å². The Labute approximate surface area is 223 Å². The summed E-state index contributed by atoms with van der Waals surface area (Å²) in [7, 11) is 0. The largest absolute Gasteiger partial charge is 0.361 e. The lowest BCUT2D eigenvalue weighted by Crippen LogP contribution is -2.40. The molecule has 0 unspecified atom stereocenters. The maximum absolute atomic E-state index is 12.5. The molecule has 1 saturated heterocycles. The van der Waals surface area contributed by atoms with E-state index in [9.17, 15) is 4.39 Å². The molecule has 1 aromatic heterocycles. The summed E-state index contributed by atoms with van der Waals surface area (Å²) in [5, 5.41) is 2.14. The molecule has 0 saturated carbocycles. The molecule has 188 valence electrons. The van der Waals surface area contributed by atoms with E-state index >= 15 is 0 Å². The average Bonchev–Trinajstić information content (AvgIpc) is 3.29. The van der Waals surface area contributed by atoms with Gasteiger partial charge in [-0.05, 0) is 101 Å². The summed E-state index contributed by atoms with van der Waals surface area (Å²) in [6, 6.07) is 22.0. The SMILES string of the molecule is Cc1c(Cl)cccc1C1=C(c2ccc(C=C3CN(CCCF)C3)cc2)c2ccc3[nH]ccc3c2CCC1. The number of hydrogen-bond acceptors (Lipinski definition) is 1. The number of aryl methyl sites for hydroxylation is 1. The molecule has 1 fully saturated rings. The van der Waals surface area contributed by atoms with Crippen molar-refractivity contribution in [3.05, 3.63) is 111 Å². The van der Waals surface area contributed by atoms with Crippen LogP contribution in [0.1, 0.15) is 52.6 Å². The molecule has 0 spiro atoms. The second kappa shape index (κ2) is 10.3. The van der Waals surface area contributed by atoms with Gasteiger partial charge in [0.1, 0.15) is 0 Å². The molecule has 2 aliphatic rings. The number of nitrogens with zero attached hydrogens (tertiary/aromatic N) is 1. The van der Waals surface area contributed by atoms with Crippen LogP contribution in [-0.4, -0.2) is 36.2 Å². The lowest BCUT2D eigenvalue weighted by atomic mass is 9.85. The number of alkyl halides is 1. The minimum atomic E-state index is -0.234. The normalized spacial score (nSPS) is 16.0. The highest BCUT2D eigenvalue weighted by Gasteiger charge is 2.23. The Balaban J connectivity index is 1.43. The first-order chi connectivity index (χ1) is 18.1. The number of likely N-dealkylation sites (tertiary alicyclic amines) is 1. The molecule has 0 bridgehead atoms. The first kappa shape index (κ1) is 24.2. The van der Waals surface area contributed by atoms with Gasteiger partial charge in [-0.15, -0.1) is 0 Å². The van der Waals surface area contributed by atoms with Crippen LogP contribution in [0.2, 0.25) is 5.02 Å². The number of nitrogens with one attached hydrogen (secondary N) is 1. The van der Waals surface area contributed by atoms with Crippen LogP contribution in [0, 0.1) is 6.92 Å². The summed E-state index contributed by atoms with van der Waals surface area (Å²) >= 11 is 6.60. The molecule has 1 aliphatic heterocycles. The molecule has 2 heterocycles. The van der Waals surface area contributed by atoms with Gasteiger partial charge in [0.25, 0.3) is 0 Å². The van der Waals surface area contributed by atoms with E-state index in [0.717, 1.165) is 49.5 Å². The average molecular weight is 511 g/mol. The van der Waals surface area contributed by atoms with Crippen molar-refractivity contribution in [3.8, 4) is 0 Å². The van der Waals surface area contributed by atoms with Crippen LogP contribution in [-0.2, 0) is 6.42 Å². The molecule has 3 aromatic carbocycles. The minimum Gasteiger partial charge on any atom is -0.361 e. The second-order valence-corrected chi connectivity index (χ2v) is 10.7. The zero-order valence-corrected chi connectivity index (χ0v) is 22.0. The highest BCUT2D eigenvalue weighted by Crippen LogP contribution is 2.43. The first-order valence-electron chi connectivity index (χ1n) is 13.3. The summed E-state index contributed by atoms with van der Waals surface area (Å²) in [5.74, 6) is 0. The number of aromatic amines is 1. The van der Waals surface area contributed by atoms with Crippen LogP contribution in [0.4, 0.5) is 4.39 Å². The molecule has 2 nitrogen and oxygen atoms in total. The fraction of sp³-hybridized carbons (Fsp3) is 0.273. The molecule has 1 aliphatic carbocycles. The van der Waals surface area contributed by atoms with E-state index in [1.165, 1.54) is 55.4 Å². The van der Waals surface area contributed by atoms with Gasteiger partial charge >= 0.3 is 0 Å². The van der Waals surface area contributed by atoms with E-state index in [0.29, 0.717) is 6.42 Å². The zero-order chi connectivity index (χ0) is 25.4. The first-order valence-corrected chi connectivity index (χ1v) is 13.7. The summed E-state index contributed by atoms with van der Waals surface area (Å²) in [6.07, 6.45) is 8.13. The number of fused-ring (bicyclic) bond motifs is 3. The van der Waals surface area contributed by atoms with Crippen LogP contribution >= 0.6 is 11.6 Å². The predicted molar refractivity (Wildman–Crippen MR) is 155 cm³/mol. The maximum atomic E-state index is 12.5. The van der Waals surface area contributed by atoms with E-state index in [1.54, 1.807) is 0 Å². The van der Waals surface area contributed by atoms with Gasteiger partial charge in [-0.25, -0.2) is 0 Å². The highest BCUT2D eigenvalue weighted by molar-refractivity contribution is 6.31. The number of hydrogen-bond donors (Lipinski definition) is 1. The molecule has 4 aromatic rings. The van der Waals surface area contributed by atoms with Gasteiger partial charge < -0.3 is 4.98 Å². The third-order valence-corrected chi connectivity index (χ3v) is 8.30. The van der Waals surface area contributed by atoms with Crippen LogP contribution in [0.3, 0.4) is 0 Å². The van der Waals surface area contributed by atoms with Crippen molar-refractivity contribution in [3.63, 3.8) is 0 Å². The topological polar surface area (TPSA) is 19.0 Å². The Morgan fingerprint density at radius 2 is 1.81 bits per heavy atom. The molecule has 1 N–H and O–H groups in total. The molecule has 0 atom stereocenters. The summed E-state index contributed by atoms with van der Waals surface area (Å²) in [6.45, 7) is 4.65. The van der Waals surface area contributed by atoms with Crippen molar-refractivity contribution < 1.29 is 4.39 Å².